The zero-order valence-corrected chi connectivity index (χ0v) is 11.8. The highest BCUT2D eigenvalue weighted by molar-refractivity contribution is 7.13. The lowest BCUT2D eigenvalue weighted by Gasteiger charge is -2.04. The molecule has 0 aliphatic rings. The highest BCUT2D eigenvalue weighted by atomic mass is 32.1. The van der Waals surface area contributed by atoms with Gasteiger partial charge in [-0.15, -0.1) is 11.3 Å². The van der Waals surface area contributed by atoms with Crippen molar-refractivity contribution in [1.29, 1.82) is 0 Å². The van der Waals surface area contributed by atoms with Crippen molar-refractivity contribution in [2.75, 3.05) is 7.11 Å². The lowest BCUT2D eigenvalue weighted by atomic mass is 10.2. The summed E-state index contributed by atoms with van der Waals surface area (Å²) in [7, 11) is 1.67. The molecule has 0 spiro atoms. The van der Waals surface area contributed by atoms with Gasteiger partial charge >= 0.3 is 0 Å². The Morgan fingerprint density at radius 3 is 2.61 bits per heavy atom. The number of nitrogens with one attached hydrogen (secondary N) is 1. The molecule has 96 valence electrons. The molecular weight excluding hydrogens is 244 g/mol. The third-order valence-corrected chi connectivity index (χ3v) is 3.52. The highest BCUT2D eigenvalue weighted by Crippen LogP contribution is 2.25. The van der Waals surface area contributed by atoms with E-state index < -0.39 is 0 Å². The van der Waals surface area contributed by atoms with E-state index in [2.05, 4.69) is 29.5 Å². The zero-order valence-electron chi connectivity index (χ0n) is 10.9. The molecule has 3 nitrogen and oxygen atoms in total. The molecular formula is C14H18N2OS. The van der Waals surface area contributed by atoms with Gasteiger partial charge in [0, 0.05) is 23.5 Å². The Morgan fingerprint density at radius 1 is 1.28 bits per heavy atom. The Labute approximate surface area is 112 Å². The van der Waals surface area contributed by atoms with Crippen molar-refractivity contribution in [2.45, 2.75) is 26.4 Å². The fourth-order valence-electron chi connectivity index (χ4n) is 1.56. The van der Waals surface area contributed by atoms with E-state index in [-0.39, 0.29) is 0 Å². The normalized spacial score (nSPS) is 10.9. The number of thiazole rings is 1. The Kier molecular flexibility index (Phi) is 4.33. The van der Waals surface area contributed by atoms with Gasteiger partial charge in [-0.2, -0.15) is 0 Å². The Bertz CT molecular complexity index is 491. The second-order valence-electron chi connectivity index (χ2n) is 4.41. The van der Waals surface area contributed by atoms with E-state index in [1.54, 1.807) is 18.4 Å². The highest BCUT2D eigenvalue weighted by Gasteiger charge is 2.05. The first kappa shape index (κ1) is 13.1. The van der Waals surface area contributed by atoms with Crippen LogP contribution >= 0.6 is 11.3 Å². The number of aromatic nitrogens is 1. The van der Waals surface area contributed by atoms with Crippen molar-refractivity contribution in [2.24, 2.45) is 0 Å². The van der Waals surface area contributed by atoms with E-state index >= 15 is 0 Å². The van der Waals surface area contributed by atoms with Crippen LogP contribution in [0.2, 0.25) is 0 Å². The summed E-state index contributed by atoms with van der Waals surface area (Å²) in [5.74, 6) is 0.872. The van der Waals surface area contributed by atoms with E-state index in [9.17, 15) is 0 Å². The fraction of sp³-hybridized carbons (Fsp3) is 0.357. The van der Waals surface area contributed by atoms with Crippen molar-refractivity contribution in [3.05, 3.63) is 35.3 Å². The maximum absolute atomic E-state index is 5.15. The number of rotatable bonds is 5. The summed E-state index contributed by atoms with van der Waals surface area (Å²) in [6, 6.07) is 8.48. The van der Waals surface area contributed by atoms with Gasteiger partial charge in [0.1, 0.15) is 10.8 Å². The molecule has 0 unspecified atom stereocenters. The second kappa shape index (κ2) is 5.98. The van der Waals surface area contributed by atoms with Crippen LogP contribution in [0.15, 0.2) is 29.6 Å². The molecule has 0 saturated heterocycles. The lowest BCUT2D eigenvalue weighted by molar-refractivity contribution is 0.415. The standard InChI is InChI=1S/C14H18N2OS/c1-10(2)15-8-12-9-18-14(16-12)11-4-6-13(17-3)7-5-11/h4-7,9-10,15H,8H2,1-3H3. The summed E-state index contributed by atoms with van der Waals surface area (Å²) in [6.45, 7) is 5.10. The summed E-state index contributed by atoms with van der Waals surface area (Å²) >= 11 is 1.68. The lowest BCUT2D eigenvalue weighted by Crippen LogP contribution is -2.21. The molecule has 0 atom stereocenters. The first-order valence-corrected chi connectivity index (χ1v) is 6.89. The Balaban J connectivity index is 2.08. The van der Waals surface area contributed by atoms with Crippen LogP contribution in [0.3, 0.4) is 0 Å². The molecule has 1 aromatic heterocycles. The molecule has 0 aliphatic heterocycles. The van der Waals surface area contributed by atoms with E-state index in [4.69, 9.17) is 4.74 Å². The summed E-state index contributed by atoms with van der Waals surface area (Å²) in [4.78, 5) is 4.62. The van der Waals surface area contributed by atoms with Gasteiger partial charge in [-0.05, 0) is 24.3 Å². The zero-order chi connectivity index (χ0) is 13.0. The van der Waals surface area contributed by atoms with Crippen LogP contribution < -0.4 is 10.1 Å². The van der Waals surface area contributed by atoms with Crippen molar-refractivity contribution in [3.63, 3.8) is 0 Å². The predicted molar refractivity (Wildman–Crippen MR) is 76.1 cm³/mol. The maximum Gasteiger partial charge on any atom is 0.123 e. The van der Waals surface area contributed by atoms with Crippen molar-refractivity contribution < 1.29 is 4.74 Å². The van der Waals surface area contributed by atoms with Gasteiger partial charge < -0.3 is 10.1 Å². The molecule has 2 rings (SSSR count). The van der Waals surface area contributed by atoms with Gasteiger partial charge in [-0.3, -0.25) is 0 Å². The third kappa shape index (κ3) is 3.31. The number of ether oxygens (including phenoxy) is 1. The van der Waals surface area contributed by atoms with Gasteiger partial charge in [0.15, 0.2) is 0 Å². The molecule has 0 fully saturated rings. The summed E-state index contributed by atoms with van der Waals surface area (Å²) in [5, 5.41) is 6.53. The predicted octanol–water partition coefficient (Wildman–Crippen LogP) is 3.32. The number of hydrogen-bond donors (Lipinski definition) is 1. The molecule has 1 aromatic carbocycles. The monoisotopic (exact) mass is 262 g/mol. The Morgan fingerprint density at radius 2 is 2.00 bits per heavy atom. The van der Waals surface area contributed by atoms with E-state index in [1.165, 1.54) is 0 Å². The molecule has 0 saturated carbocycles. The number of hydrogen-bond acceptors (Lipinski definition) is 4. The van der Waals surface area contributed by atoms with Gasteiger partial charge in [0.25, 0.3) is 0 Å². The van der Waals surface area contributed by atoms with Crippen LogP contribution in [0.1, 0.15) is 19.5 Å². The van der Waals surface area contributed by atoms with Crippen LogP contribution in [-0.2, 0) is 6.54 Å². The van der Waals surface area contributed by atoms with Gasteiger partial charge in [0.05, 0.1) is 12.8 Å². The largest absolute Gasteiger partial charge is 0.497 e. The minimum Gasteiger partial charge on any atom is -0.497 e. The third-order valence-electron chi connectivity index (χ3n) is 2.58. The maximum atomic E-state index is 5.15. The number of methoxy groups -OCH3 is 1. The molecule has 18 heavy (non-hydrogen) atoms. The molecule has 2 aromatic rings. The molecule has 0 bridgehead atoms. The summed E-state index contributed by atoms with van der Waals surface area (Å²) in [6.07, 6.45) is 0. The SMILES string of the molecule is COc1ccc(-c2nc(CNC(C)C)cs2)cc1. The fourth-order valence-corrected chi connectivity index (χ4v) is 2.39. The number of benzene rings is 1. The first-order valence-electron chi connectivity index (χ1n) is 6.01. The molecule has 0 aliphatic carbocycles. The molecule has 0 amide bonds. The van der Waals surface area contributed by atoms with Crippen molar-refractivity contribution in [1.82, 2.24) is 10.3 Å². The average Bonchev–Trinajstić information content (AvgIpc) is 2.85. The van der Waals surface area contributed by atoms with Crippen LogP contribution in [0.25, 0.3) is 10.6 Å². The summed E-state index contributed by atoms with van der Waals surface area (Å²) < 4.78 is 5.15. The second-order valence-corrected chi connectivity index (χ2v) is 5.27. The van der Waals surface area contributed by atoms with Crippen LogP contribution in [-0.4, -0.2) is 18.1 Å². The minimum atomic E-state index is 0.483. The molecule has 4 heteroatoms. The van der Waals surface area contributed by atoms with Gasteiger partial charge in [-0.25, -0.2) is 4.98 Å². The quantitative estimate of drug-likeness (QED) is 0.897. The minimum absolute atomic E-state index is 0.483. The van der Waals surface area contributed by atoms with Gasteiger partial charge in [-0.1, -0.05) is 13.8 Å². The smallest absolute Gasteiger partial charge is 0.123 e. The van der Waals surface area contributed by atoms with E-state index in [1.807, 2.05) is 24.3 Å². The Hall–Kier alpha value is -1.39. The molecule has 1 N–H and O–H groups in total. The van der Waals surface area contributed by atoms with Gasteiger partial charge in [0.2, 0.25) is 0 Å². The van der Waals surface area contributed by atoms with E-state index in [0.717, 1.165) is 28.6 Å². The number of nitrogens with zero attached hydrogens (tertiary/aromatic N) is 1. The molecule has 0 radical (unpaired) electrons. The van der Waals surface area contributed by atoms with E-state index in [0.29, 0.717) is 6.04 Å². The van der Waals surface area contributed by atoms with Crippen LogP contribution in [0, 0.1) is 0 Å². The summed E-state index contributed by atoms with van der Waals surface area (Å²) in [5.41, 5.74) is 2.23. The molecule has 1 heterocycles. The van der Waals surface area contributed by atoms with Crippen molar-refractivity contribution in [3.8, 4) is 16.3 Å². The first-order chi connectivity index (χ1) is 8.69. The van der Waals surface area contributed by atoms with Crippen molar-refractivity contribution >= 4 is 11.3 Å². The average molecular weight is 262 g/mol. The topological polar surface area (TPSA) is 34.1 Å². The van der Waals surface area contributed by atoms with Crippen LogP contribution in [0.5, 0.6) is 5.75 Å². The van der Waals surface area contributed by atoms with Crippen LogP contribution in [0.4, 0.5) is 0 Å².